The number of aromatic nitrogens is 3. The number of nitrogens with zero attached hydrogens (tertiary/aromatic N) is 2. The summed E-state index contributed by atoms with van der Waals surface area (Å²) >= 11 is 5.30. The molecule has 28 heavy (non-hydrogen) atoms. The van der Waals surface area contributed by atoms with Crippen LogP contribution in [0, 0.1) is 4.77 Å². The van der Waals surface area contributed by atoms with Gasteiger partial charge in [-0.25, -0.2) is 4.68 Å². The van der Waals surface area contributed by atoms with E-state index < -0.39 is 0 Å². The van der Waals surface area contributed by atoms with Crippen LogP contribution in [0.15, 0.2) is 48.5 Å². The smallest absolute Gasteiger partial charge is 0.214 e. The van der Waals surface area contributed by atoms with E-state index in [1.807, 2.05) is 41.1 Å². The minimum Gasteiger partial charge on any atom is -0.493 e. The SMILES string of the molecule is CCCc1n[nH]c(=S)n1NCc1ccc(OCCc2ccccc2)c(OC)c1. The Morgan fingerprint density at radius 2 is 1.89 bits per heavy atom. The lowest BCUT2D eigenvalue weighted by Gasteiger charge is -2.14. The molecular weight excluding hydrogens is 372 g/mol. The summed E-state index contributed by atoms with van der Waals surface area (Å²) in [6.07, 6.45) is 2.72. The molecular formula is C21H26N4O2S. The van der Waals surface area contributed by atoms with Crippen LogP contribution in [0.2, 0.25) is 0 Å². The van der Waals surface area contributed by atoms with Gasteiger partial charge in [0.15, 0.2) is 17.3 Å². The summed E-state index contributed by atoms with van der Waals surface area (Å²) in [6, 6.07) is 16.2. The highest BCUT2D eigenvalue weighted by atomic mass is 32.1. The zero-order valence-corrected chi connectivity index (χ0v) is 17.1. The van der Waals surface area contributed by atoms with Gasteiger partial charge in [-0.15, -0.1) is 0 Å². The summed E-state index contributed by atoms with van der Waals surface area (Å²) in [7, 11) is 1.65. The average Bonchev–Trinajstić information content (AvgIpc) is 3.07. The number of hydrogen-bond acceptors (Lipinski definition) is 5. The first kappa shape index (κ1) is 19.9. The van der Waals surface area contributed by atoms with Gasteiger partial charge >= 0.3 is 0 Å². The molecule has 0 bridgehead atoms. The Morgan fingerprint density at radius 1 is 1.07 bits per heavy atom. The lowest BCUT2D eigenvalue weighted by Crippen LogP contribution is -2.17. The molecule has 0 atom stereocenters. The van der Waals surface area contributed by atoms with Crippen LogP contribution in [0.1, 0.15) is 30.3 Å². The first-order valence-electron chi connectivity index (χ1n) is 9.45. The van der Waals surface area contributed by atoms with Crippen LogP contribution in [0.4, 0.5) is 0 Å². The summed E-state index contributed by atoms with van der Waals surface area (Å²) < 4.78 is 13.8. The average molecular weight is 399 g/mol. The standard InChI is InChI=1S/C21H26N4O2S/c1-3-7-20-23-24-21(28)25(20)22-15-17-10-11-18(19(14-17)26-2)27-13-12-16-8-5-4-6-9-16/h4-6,8-11,14,22H,3,7,12-13,15H2,1-2H3,(H,24,28). The second-order valence-electron chi connectivity index (χ2n) is 6.43. The molecule has 3 aromatic rings. The summed E-state index contributed by atoms with van der Waals surface area (Å²) in [6.45, 7) is 3.32. The molecule has 2 N–H and O–H groups in total. The van der Waals surface area contributed by atoms with Gasteiger partial charge in [0.2, 0.25) is 4.77 Å². The van der Waals surface area contributed by atoms with E-state index in [9.17, 15) is 0 Å². The molecule has 0 aliphatic rings. The van der Waals surface area contributed by atoms with Crippen LogP contribution >= 0.6 is 12.2 Å². The van der Waals surface area contributed by atoms with E-state index in [4.69, 9.17) is 21.7 Å². The van der Waals surface area contributed by atoms with Gasteiger partial charge in [0.05, 0.1) is 20.3 Å². The Balaban J connectivity index is 1.61. The van der Waals surface area contributed by atoms with Crippen LogP contribution in [0.25, 0.3) is 0 Å². The molecule has 0 fully saturated rings. The van der Waals surface area contributed by atoms with Gasteiger partial charge in [0, 0.05) is 12.8 Å². The van der Waals surface area contributed by atoms with Gasteiger partial charge < -0.3 is 14.9 Å². The van der Waals surface area contributed by atoms with E-state index in [2.05, 4.69) is 34.7 Å². The topological polar surface area (TPSA) is 64.1 Å². The van der Waals surface area contributed by atoms with Crippen molar-refractivity contribution in [1.29, 1.82) is 0 Å². The maximum atomic E-state index is 5.93. The zero-order valence-electron chi connectivity index (χ0n) is 16.3. The third-order valence-corrected chi connectivity index (χ3v) is 4.65. The highest BCUT2D eigenvalue weighted by molar-refractivity contribution is 7.71. The zero-order chi connectivity index (χ0) is 19.8. The molecule has 7 heteroatoms. The number of ether oxygens (including phenoxy) is 2. The highest BCUT2D eigenvalue weighted by Gasteiger charge is 2.08. The van der Waals surface area contributed by atoms with Crippen LogP contribution in [-0.2, 0) is 19.4 Å². The number of aryl methyl sites for hydroxylation is 1. The Morgan fingerprint density at radius 3 is 2.64 bits per heavy atom. The van der Waals surface area contributed by atoms with Crippen LogP contribution < -0.4 is 14.9 Å². The van der Waals surface area contributed by atoms with Crippen LogP contribution in [0.3, 0.4) is 0 Å². The summed E-state index contributed by atoms with van der Waals surface area (Å²) in [5.74, 6) is 2.37. The largest absolute Gasteiger partial charge is 0.493 e. The van der Waals surface area contributed by atoms with Crippen molar-refractivity contribution < 1.29 is 9.47 Å². The fourth-order valence-corrected chi connectivity index (χ4v) is 3.13. The molecule has 0 aliphatic carbocycles. The maximum Gasteiger partial charge on any atom is 0.214 e. The first-order valence-corrected chi connectivity index (χ1v) is 9.86. The van der Waals surface area contributed by atoms with E-state index in [0.29, 0.717) is 17.9 Å². The number of hydrogen-bond donors (Lipinski definition) is 2. The number of nitrogens with one attached hydrogen (secondary N) is 2. The lowest BCUT2D eigenvalue weighted by atomic mass is 10.2. The lowest BCUT2D eigenvalue weighted by molar-refractivity contribution is 0.297. The van der Waals surface area contributed by atoms with Crippen molar-refractivity contribution in [3.8, 4) is 11.5 Å². The monoisotopic (exact) mass is 398 g/mol. The molecule has 1 aromatic heterocycles. The van der Waals surface area contributed by atoms with Crippen molar-refractivity contribution >= 4 is 12.2 Å². The number of aromatic amines is 1. The quantitative estimate of drug-likeness (QED) is 0.500. The third-order valence-electron chi connectivity index (χ3n) is 4.38. The van der Waals surface area contributed by atoms with E-state index in [1.54, 1.807) is 7.11 Å². The molecule has 148 valence electrons. The van der Waals surface area contributed by atoms with Crippen LogP contribution in [0.5, 0.6) is 11.5 Å². The summed E-state index contributed by atoms with van der Waals surface area (Å²) in [5, 5.41) is 7.10. The molecule has 2 aromatic carbocycles. The van der Waals surface area contributed by atoms with Gasteiger partial charge in [-0.2, -0.15) is 5.10 Å². The van der Waals surface area contributed by atoms with Gasteiger partial charge in [-0.3, -0.25) is 5.10 Å². The second kappa shape index (κ2) is 9.94. The van der Waals surface area contributed by atoms with Gasteiger partial charge in [0.25, 0.3) is 0 Å². The van der Waals surface area contributed by atoms with E-state index >= 15 is 0 Å². The second-order valence-corrected chi connectivity index (χ2v) is 6.82. The Kier molecular flexibility index (Phi) is 7.08. The predicted octanol–water partition coefficient (Wildman–Crippen LogP) is 4.27. The molecule has 0 aliphatic heterocycles. The Hall–Kier alpha value is -2.80. The fraction of sp³-hybridized carbons (Fsp3) is 0.333. The molecule has 1 heterocycles. The number of benzene rings is 2. The van der Waals surface area contributed by atoms with E-state index in [0.717, 1.165) is 42.1 Å². The van der Waals surface area contributed by atoms with Crippen molar-refractivity contribution in [3.63, 3.8) is 0 Å². The molecule has 3 rings (SSSR count). The number of methoxy groups -OCH3 is 1. The number of H-pyrrole nitrogens is 1. The minimum absolute atomic E-state index is 0.566. The van der Waals surface area contributed by atoms with Gasteiger partial charge in [-0.1, -0.05) is 43.3 Å². The first-order chi connectivity index (χ1) is 13.7. The third kappa shape index (κ3) is 5.13. The van der Waals surface area contributed by atoms with E-state index in [-0.39, 0.29) is 0 Å². The Bertz CT molecular complexity index is 937. The van der Waals surface area contributed by atoms with Crippen molar-refractivity contribution in [2.24, 2.45) is 0 Å². The van der Waals surface area contributed by atoms with Crippen molar-refractivity contribution in [3.05, 3.63) is 70.3 Å². The summed E-state index contributed by atoms with van der Waals surface area (Å²) in [4.78, 5) is 0. The maximum absolute atomic E-state index is 5.93. The molecule has 0 unspecified atom stereocenters. The van der Waals surface area contributed by atoms with Gasteiger partial charge in [0.1, 0.15) is 0 Å². The number of rotatable bonds is 10. The molecule has 0 amide bonds. The normalized spacial score (nSPS) is 10.6. The molecule has 6 nitrogen and oxygen atoms in total. The summed E-state index contributed by atoms with van der Waals surface area (Å²) in [5.41, 5.74) is 5.64. The van der Waals surface area contributed by atoms with Crippen LogP contribution in [-0.4, -0.2) is 28.6 Å². The molecule has 0 spiro atoms. The highest BCUT2D eigenvalue weighted by Crippen LogP contribution is 2.28. The van der Waals surface area contributed by atoms with Crippen molar-refractivity contribution in [1.82, 2.24) is 14.9 Å². The molecule has 0 saturated heterocycles. The fourth-order valence-electron chi connectivity index (χ4n) is 2.92. The van der Waals surface area contributed by atoms with Crippen molar-refractivity contribution in [2.75, 3.05) is 19.1 Å². The Labute approximate surface area is 170 Å². The predicted molar refractivity (Wildman–Crippen MR) is 113 cm³/mol. The van der Waals surface area contributed by atoms with Gasteiger partial charge in [-0.05, 0) is 41.9 Å². The van der Waals surface area contributed by atoms with Crippen molar-refractivity contribution in [2.45, 2.75) is 32.7 Å². The van der Waals surface area contributed by atoms with E-state index in [1.165, 1.54) is 5.56 Å². The minimum atomic E-state index is 0.566. The molecule has 0 saturated carbocycles. The molecule has 0 radical (unpaired) electrons.